The van der Waals surface area contributed by atoms with E-state index < -0.39 is 0 Å². The van der Waals surface area contributed by atoms with E-state index >= 15 is 0 Å². The summed E-state index contributed by atoms with van der Waals surface area (Å²) < 4.78 is 12.2. The molecule has 2 N–H and O–H groups in total. The molecule has 8 nitrogen and oxygen atoms in total. The molecule has 1 saturated carbocycles. The van der Waals surface area contributed by atoms with Crippen LogP contribution in [0.5, 0.6) is 11.5 Å². The standard InChI is InChI=1S/C21H18N4O4/c26-20(13-6-7-13)23-19-11-16(24-25(19)15-4-2-1-3-5-15)21(27)22-14-8-9-17-18(10-14)29-12-28-17/h1-5,8-11,13H,6-7,12H2,(H,22,27)(H,23,26). The molecule has 2 heterocycles. The van der Waals surface area contributed by atoms with Crippen LogP contribution in [0.3, 0.4) is 0 Å². The lowest BCUT2D eigenvalue weighted by Gasteiger charge is -2.08. The number of benzene rings is 2. The number of nitrogens with one attached hydrogen (secondary N) is 2. The summed E-state index contributed by atoms with van der Waals surface area (Å²) in [7, 11) is 0. The minimum atomic E-state index is -0.388. The Balaban J connectivity index is 1.42. The van der Waals surface area contributed by atoms with Gasteiger partial charge in [-0.25, -0.2) is 4.68 Å². The fourth-order valence-electron chi connectivity index (χ4n) is 3.09. The van der Waals surface area contributed by atoms with Crippen LogP contribution in [0.1, 0.15) is 23.3 Å². The maximum absolute atomic E-state index is 12.8. The number of anilines is 2. The zero-order valence-corrected chi connectivity index (χ0v) is 15.4. The second-order valence-corrected chi connectivity index (χ2v) is 6.95. The van der Waals surface area contributed by atoms with Gasteiger partial charge in [0, 0.05) is 23.7 Å². The Morgan fingerprint density at radius 3 is 2.55 bits per heavy atom. The summed E-state index contributed by atoms with van der Waals surface area (Å²) >= 11 is 0. The van der Waals surface area contributed by atoms with Crippen LogP contribution in [0.15, 0.2) is 54.6 Å². The van der Waals surface area contributed by atoms with Crippen molar-refractivity contribution in [2.24, 2.45) is 5.92 Å². The highest BCUT2D eigenvalue weighted by Crippen LogP contribution is 2.34. The molecule has 2 amide bonds. The van der Waals surface area contributed by atoms with E-state index in [2.05, 4.69) is 15.7 Å². The molecule has 29 heavy (non-hydrogen) atoms. The average Bonchev–Trinajstić information content (AvgIpc) is 3.35. The average molecular weight is 390 g/mol. The number of hydrogen-bond acceptors (Lipinski definition) is 5. The first kappa shape index (κ1) is 17.3. The first-order chi connectivity index (χ1) is 14.2. The van der Waals surface area contributed by atoms with Crippen molar-refractivity contribution < 1.29 is 19.1 Å². The Hall–Kier alpha value is -3.81. The summed E-state index contributed by atoms with van der Waals surface area (Å²) in [5.74, 6) is 1.28. The summed E-state index contributed by atoms with van der Waals surface area (Å²) in [5.41, 5.74) is 1.51. The molecule has 0 atom stereocenters. The van der Waals surface area contributed by atoms with E-state index in [-0.39, 0.29) is 30.2 Å². The van der Waals surface area contributed by atoms with Crippen molar-refractivity contribution in [1.29, 1.82) is 0 Å². The monoisotopic (exact) mass is 390 g/mol. The van der Waals surface area contributed by atoms with Crippen molar-refractivity contribution in [3.8, 4) is 17.2 Å². The third kappa shape index (κ3) is 3.52. The lowest BCUT2D eigenvalue weighted by atomic mass is 10.2. The lowest BCUT2D eigenvalue weighted by Crippen LogP contribution is -2.16. The molecule has 0 spiro atoms. The molecule has 1 aromatic heterocycles. The van der Waals surface area contributed by atoms with E-state index in [0.717, 1.165) is 18.5 Å². The van der Waals surface area contributed by atoms with Gasteiger partial charge in [0.1, 0.15) is 5.82 Å². The van der Waals surface area contributed by atoms with Crippen LogP contribution in [0.2, 0.25) is 0 Å². The first-order valence-corrected chi connectivity index (χ1v) is 9.35. The van der Waals surface area contributed by atoms with Gasteiger partial charge in [0.2, 0.25) is 12.7 Å². The molecule has 1 fully saturated rings. The molecular weight excluding hydrogens is 372 g/mol. The van der Waals surface area contributed by atoms with Crippen molar-refractivity contribution in [1.82, 2.24) is 9.78 Å². The Labute approximate surface area is 166 Å². The molecule has 2 aliphatic rings. The van der Waals surface area contributed by atoms with Gasteiger partial charge < -0.3 is 20.1 Å². The van der Waals surface area contributed by atoms with Crippen molar-refractivity contribution >= 4 is 23.3 Å². The van der Waals surface area contributed by atoms with Crippen molar-refractivity contribution in [3.05, 3.63) is 60.3 Å². The highest BCUT2D eigenvalue weighted by Gasteiger charge is 2.30. The maximum atomic E-state index is 12.8. The topological polar surface area (TPSA) is 94.5 Å². The van der Waals surface area contributed by atoms with Gasteiger partial charge >= 0.3 is 0 Å². The summed E-state index contributed by atoms with van der Waals surface area (Å²) in [4.78, 5) is 25.0. The van der Waals surface area contributed by atoms with Crippen LogP contribution in [-0.2, 0) is 4.79 Å². The van der Waals surface area contributed by atoms with E-state index in [1.807, 2.05) is 30.3 Å². The number of aromatic nitrogens is 2. The van der Waals surface area contributed by atoms with E-state index in [4.69, 9.17) is 9.47 Å². The van der Waals surface area contributed by atoms with Crippen LogP contribution in [0, 0.1) is 5.92 Å². The molecule has 1 aliphatic carbocycles. The lowest BCUT2D eigenvalue weighted by molar-refractivity contribution is -0.117. The van der Waals surface area contributed by atoms with Gasteiger partial charge in [-0.05, 0) is 37.1 Å². The number of hydrogen-bond donors (Lipinski definition) is 2. The number of amides is 2. The second kappa shape index (κ2) is 6.97. The molecule has 0 radical (unpaired) electrons. The van der Waals surface area contributed by atoms with Crippen LogP contribution in [0.4, 0.5) is 11.5 Å². The predicted molar refractivity (Wildman–Crippen MR) is 105 cm³/mol. The third-order valence-corrected chi connectivity index (χ3v) is 4.77. The molecule has 8 heteroatoms. The Bertz CT molecular complexity index is 1090. The SMILES string of the molecule is O=C(Nc1ccc2c(c1)OCO2)c1cc(NC(=O)C2CC2)n(-c2ccccc2)n1. The Kier molecular flexibility index (Phi) is 4.16. The highest BCUT2D eigenvalue weighted by atomic mass is 16.7. The molecule has 1 aliphatic heterocycles. The van der Waals surface area contributed by atoms with Crippen LogP contribution < -0.4 is 20.1 Å². The number of rotatable bonds is 5. The second-order valence-electron chi connectivity index (χ2n) is 6.95. The zero-order valence-electron chi connectivity index (χ0n) is 15.4. The summed E-state index contributed by atoms with van der Waals surface area (Å²) in [6.45, 7) is 0.165. The quantitative estimate of drug-likeness (QED) is 0.698. The van der Waals surface area contributed by atoms with Crippen LogP contribution in [-0.4, -0.2) is 28.4 Å². The van der Waals surface area contributed by atoms with E-state index in [1.165, 1.54) is 0 Å². The fraction of sp³-hybridized carbons (Fsp3) is 0.190. The summed E-state index contributed by atoms with van der Waals surface area (Å²) in [6.07, 6.45) is 1.78. The van der Waals surface area contributed by atoms with Crippen molar-refractivity contribution in [3.63, 3.8) is 0 Å². The first-order valence-electron chi connectivity index (χ1n) is 9.35. The predicted octanol–water partition coefficient (Wildman–Crippen LogP) is 3.20. The Morgan fingerprint density at radius 2 is 1.76 bits per heavy atom. The molecule has 0 bridgehead atoms. The van der Waals surface area contributed by atoms with Crippen LogP contribution >= 0.6 is 0 Å². The van der Waals surface area contributed by atoms with Gasteiger partial charge in [-0.15, -0.1) is 0 Å². The molecule has 2 aromatic carbocycles. The third-order valence-electron chi connectivity index (χ3n) is 4.77. The van der Waals surface area contributed by atoms with Gasteiger partial charge in [-0.1, -0.05) is 18.2 Å². The van der Waals surface area contributed by atoms with Gasteiger partial charge in [-0.3, -0.25) is 9.59 Å². The minimum Gasteiger partial charge on any atom is -0.454 e. The normalized spacial score (nSPS) is 14.5. The molecule has 5 rings (SSSR count). The molecule has 0 unspecified atom stereocenters. The van der Waals surface area contributed by atoms with Gasteiger partial charge in [0.15, 0.2) is 17.2 Å². The van der Waals surface area contributed by atoms with Crippen molar-refractivity contribution in [2.45, 2.75) is 12.8 Å². The van der Waals surface area contributed by atoms with Crippen molar-refractivity contribution in [2.75, 3.05) is 17.4 Å². The van der Waals surface area contributed by atoms with Gasteiger partial charge in [0.25, 0.3) is 5.91 Å². The van der Waals surface area contributed by atoms with E-state index in [1.54, 1.807) is 28.9 Å². The molecule has 3 aromatic rings. The van der Waals surface area contributed by atoms with Crippen LogP contribution in [0.25, 0.3) is 5.69 Å². The molecule has 146 valence electrons. The zero-order chi connectivity index (χ0) is 19.8. The fourth-order valence-corrected chi connectivity index (χ4v) is 3.09. The number of nitrogens with zero attached hydrogens (tertiary/aromatic N) is 2. The molecule has 0 saturated heterocycles. The number of para-hydroxylation sites is 1. The summed E-state index contributed by atoms with van der Waals surface area (Å²) in [6, 6.07) is 16.1. The van der Waals surface area contributed by atoms with E-state index in [0.29, 0.717) is 23.0 Å². The van der Waals surface area contributed by atoms with E-state index in [9.17, 15) is 9.59 Å². The number of carbonyl (C=O) groups excluding carboxylic acids is 2. The minimum absolute atomic E-state index is 0.0417. The number of carbonyl (C=O) groups is 2. The summed E-state index contributed by atoms with van der Waals surface area (Å²) in [5, 5.41) is 10.1. The number of fused-ring (bicyclic) bond motifs is 1. The number of ether oxygens (including phenoxy) is 2. The largest absolute Gasteiger partial charge is 0.454 e. The van der Waals surface area contributed by atoms with Gasteiger partial charge in [-0.2, -0.15) is 5.10 Å². The molecular formula is C21H18N4O4. The maximum Gasteiger partial charge on any atom is 0.276 e. The van der Waals surface area contributed by atoms with Gasteiger partial charge in [0.05, 0.1) is 5.69 Å². The highest BCUT2D eigenvalue weighted by molar-refractivity contribution is 6.04. The Morgan fingerprint density at radius 1 is 0.966 bits per heavy atom. The smallest absolute Gasteiger partial charge is 0.276 e.